The smallest absolute Gasteiger partial charge is 0.410 e. The number of hydrogen-bond acceptors (Lipinski definition) is 4. The molecule has 0 unspecified atom stereocenters. The lowest BCUT2D eigenvalue weighted by atomic mass is 10.2. The average molecular weight is 368 g/mol. The second kappa shape index (κ2) is 10.7. The highest BCUT2D eigenvalue weighted by Gasteiger charge is 2.17. The minimum Gasteiger partial charge on any atom is -0.445 e. The topological polar surface area (TPSA) is 42.0 Å². The predicted octanol–water partition coefficient (Wildman–Crippen LogP) is 3.55. The van der Waals surface area contributed by atoms with Gasteiger partial charge in [-0.15, -0.1) is 0 Å². The van der Waals surface area contributed by atoms with E-state index in [4.69, 9.17) is 9.47 Å². The summed E-state index contributed by atoms with van der Waals surface area (Å²) in [4.78, 5) is 16.9. The summed E-state index contributed by atoms with van der Waals surface area (Å²) in [6.07, 6.45) is 0.664. The van der Waals surface area contributed by atoms with Gasteiger partial charge in [0.1, 0.15) is 6.61 Å². The Kier molecular flexibility index (Phi) is 7.69. The van der Waals surface area contributed by atoms with Crippen LogP contribution in [0.3, 0.4) is 0 Å². The Hall–Kier alpha value is -2.37. The molecule has 1 fully saturated rings. The summed E-state index contributed by atoms with van der Waals surface area (Å²) in [5.41, 5.74) is 2.11. The van der Waals surface area contributed by atoms with Gasteiger partial charge in [-0.25, -0.2) is 4.79 Å². The number of carbonyl (C=O) groups is 1. The molecule has 2 aromatic rings. The molecule has 1 amide bonds. The fraction of sp³-hybridized carbons (Fsp3) is 0.409. The fourth-order valence-electron chi connectivity index (χ4n) is 3.16. The second-order valence-electron chi connectivity index (χ2n) is 6.75. The number of benzene rings is 2. The van der Waals surface area contributed by atoms with Crippen LogP contribution in [-0.4, -0.2) is 55.3 Å². The van der Waals surface area contributed by atoms with Crippen LogP contribution in [0, 0.1) is 0 Å². The van der Waals surface area contributed by atoms with Crippen LogP contribution < -0.4 is 0 Å². The molecule has 0 aromatic heterocycles. The third kappa shape index (κ3) is 6.70. The summed E-state index contributed by atoms with van der Waals surface area (Å²) < 4.78 is 11.0. The quantitative estimate of drug-likeness (QED) is 0.715. The van der Waals surface area contributed by atoms with E-state index in [-0.39, 0.29) is 6.09 Å². The molecule has 27 heavy (non-hydrogen) atoms. The molecular weight excluding hydrogens is 340 g/mol. The Labute approximate surface area is 161 Å². The summed E-state index contributed by atoms with van der Waals surface area (Å²) in [7, 11) is 0. The Morgan fingerprint density at radius 3 is 2.26 bits per heavy atom. The molecular formula is C22H28N2O3. The first-order valence-corrected chi connectivity index (χ1v) is 9.61. The molecule has 0 bridgehead atoms. The molecule has 5 nitrogen and oxygen atoms in total. The van der Waals surface area contributed by atoms with Crippen molar-refractivity contribution in [3.63, 3.8) is 0 Å². The molecule has 2 aromatic carbocycles. The molecule has 0 N–H and O–H groups in total. The Morgan fingerprint density at radius 2 is 1.59 bits per heavy atom. The maximum Gasteiger partial charge on any atom is 0.410 e. The van der Waals surface area contributed by atoms with Crippen molar-refractivity contribution >= 4 is 6.09 Å². The average Bonchev–Trinajstić information content (AvgIpc) is 2.73. The molecule has 144 valence electrons. The molecule has 0 saturated carbocycles. The zero-order valence-corrected chi connectivity index (χ0v) is 15.8. The first-order valence-electron chi connectivity index (χ1n) is 9.61. The molecule has 1 aliphatic heterocycles. The van der Waals surface area contributed by atoms with E-state index in [1.165, 1.54) is 0 Å². The van der Waals surface area contributed by atoms with E-state index in [2.05, 4.69) is 4.90 Å². The maximum atomic E-state index is 12.7. The van der Waals surface area contributed by atoms with Crippen molar-refractivity contribution in [2.75, 3.05) is 39.4 Å². The first kappa shape index (κ1) is 19.4. The van der Waals surface area contributed by atoms with Crippen molar-refractivity contribution < 1.29 is 14.3 Å². The number of morpholine rings is 1. The van der Waals surface area contributed by atoms with Crippen LogP contribution in [0.15, 0.2) is 60.7 Å². The summed E-state index contributed by atoms with van der Waals surface area (Å²) in [5.74, 6) is 0. The largest absolute Gasteiger partial charge is 0.445 e. The molecule has 1 heterocycles. The first-order chi connectivity index (χ1) is 13.3. The van der Waals surface area contributed by atoms with Crippen LogP contribution >= 0.6 is 0 Å². The van der Waals surface area contributed by atoms with E-state index in [0.29, 0.717) is 19.7 Å². The van der Waals surface area contributed by atoms with Crippen LogP contribution in [0.1, 0.15) is 17.5 Å². The number of amides is 1. The van der Waals surface area contributed by atoms with Crippen molar-refractivity contribution in [3.05, 3.63) is 71.8 Å². The summed E-state index contributed by atoms with van der Waals surface area (Å²) >= 11 is 0. The van der Waals surface area contributed by atoms with Crippen LogP contribution in [0.25, 0.3) is 0 Å². The minimum atomic E-state index is -0.260. The van der Waals surface area contributed by atoms with Gasteiger partial charge < -0.3 is 14.4 Å². The van der Waals surface area contributed by atoms with Crippen molar-refractivity contribution in [1.82, 2.24) is 9.80 Å². The zero-order chi connectivity index (χ0) is 18.7. The minimum absolute atomic E-state index is 0.260. The normalized spacial score (nSPS) is 14.7. The van der Waals surface area contributed by atoms with E-state index in [0.717, 1.165) is 50.4 Å². The summed E-state index contributed by atoms with van der Waals surface area (Å²) in [5, 5.41) is 0. The van der Waals surface area contributed by atoms with E-state index in [1.54, 1.807) is 4.90 Å². The molecule has 0 aliphatic carbocycles. The van der Waals surface area contributed by atoms with E-state index < -0.39 is 0 Å². The molecule has 3 rings (SSSR count). The predicted molar refractivity (Wildman–Crippen MR) is 105 cm³/mol. The summed E-state index contributed by atoms with van der Waals surface area (Å²) in [6.45, 7) is 6.06. The highest BCUT2D eigenvalue weighted by Crippen LogP contribution is 2.10. The number of carbonyl (C=O) groups excluding carboxylic acids is 1. The van der Waals surface area contributed by atoms with Gasteiger partial charge in [-0.2, -0.15) is 0 Å². The molecule has 0 radical (unpaired) electrons. The maximum absolute atomic E-state index is 12.7. The number of rotatable bonds is 8. The van der Waals surface area contributed by atoms with E-state index in [1.807, 2.05) is 60.7 Å². The highest BCUT2D eigenvalue weighted by atomic mass is 16.6. The van der Waals surface area contributed by atoms with Crippen LogP contribution in [-0.2, 0) is 22.6 Å². The van der Waals surface area contributed by atoms with Crippen molar-refractivity contribution in [1.29, 1.82) is 0 Å². The second-order valence-corrected chi connectivity index (χ2v) is 6.75. The molecule has 0 spiro atoms. The van der Waals surface area contributed by atoms with E-state index >= 15 is 0 Å². The highest BCUT2D eigenvalue weighted by molar-refractivity contribution is 5.67. The fourth-order valence-corrected chi connectivity index (χ4v) is 3.16. The lowest BCUT2D eigenvalue weighted by Gasteiger charge is -2.28. The van der Waals surface area contributed by atoms with Gasteiger partial charge in [-0.1, -0.05) is 60.7 Å². The van der Waals surface area contributed by atoms with Gasteiger partial charge in [0.2, 0.25) is 0 Å². The lowest BCUT2D eigenvalue weighted by molar-refractivity contribution is 0.0353. The molecule has 0 atom stereocenters. The Bertz CT molecular complexity index is 672. The molecule has 1 aliphatic rings. The number of hydrogen-bond donors (Lipinski definition) is 0. The number of ether oxygens (including phenoxy) is 2. The molecule has 5 heteroatoms. The SMILES string of the molecule is O=C(OCc1ccccc1)N(CCCN1CCOCC1)Cc1ccccc1. The van der Waals surface area contributed by atoms with Gasteiger partial charge in [0, 0.05) is 32.7 Å². The monoisotopic (exact) mass is 368 g/mol. The van der Waals surface area contributed by atoms with Gasteiger partial charge in [0.25, 0.3) is 0 Å². The van der Waals surface area contributed by atoms with Crippen molar-refractivity contribution in [3.8, 4) is 0 Å². The van der Waals surface area contributed by atoms with Crippen LogP contribution in [0.2, 0.25) is 0 Å². The Balaban J connectivity index is 1.53. The lowest BCUT2D eigenvalue weighted by Crippen LogP contribution is -2.39. The number of nitrogens with zero attached hydrogens (tertiary/aromatic N) is 2. The van der Waals surface area contributed by atoms with Crippen molar-refractivity contribution in [2.24, 2.45) is 0 Å². The van der Waals surface area contributed by atoms with E-state index in [9.17, 15) is 4.79 Å². The van der Waals surface area contributed by atoms with Gasteiger partial charge in [-0.3, -0.25) is 4.90 Å². The molecule has 1 saturated heterocycles. The van der Waals surface area contributed by atoms with Crippen LogP contribution in [0.4, 0.5) is 4.79 Å². The van der Waals surface area contributed by atoms with Gasteiger partial charge in [0.05, 0.1) is 13.2 Å². The van der Waals surface area contributed by atoms with Gasteiger partial charge in [0.15, 0.2) is 0 Å². The van der Waals surface area contributed by atoms with Crippen molar-refractivity contribution in [2.45, 2.75) is 19.6 Å². The third-order valence-corrected chi connectivity index (χ3v) is 4.69. The summed E-state index contributed by atoms with van der Waals surface area (Å²) in [6, 6.07) is 19.9. The standard InChI is InChI=1S/C22H28N2O3/c25-22(27-19-21-10-5-2-6-11-21)24(18-20-8-3-1-4-9-20)13-7-12-23-14-16-26-17-15-23/h1-6,8-11H,7,12-19H2. The van der Waals surface area contributed by atoms with Crippen LogP contribution in [0.5, 0.6) is 0 Å². The third-order valence-electron chi connectivity index (χ3n) is 4.69. The van der Waals surface area contributed by atoms with Gasteiger partial charge in [-0.05, 0) is 17.5 Å². The Morgan fingerprint density at radius 1 is 0.963 bits per heavy atom. The van der Waals surface area contributed by atoms with Gasteiger partial charge >= 0.3 is 6.09 Å². The zero-order valence-electron chi connectivity index (χ0n) is 15.8.